The average Bonchev–Trinajstić information content (AvgIpc) is 3.24. The van der Waals surface area contributed by atoms with Crippen molar-refractivity contribution < 1.29 is 14.3 Å². The van der Waals surface area contributed by atoms with E-state index in [4.69, 9.17) is 9.52 Å². The number of benzene rings is 2. The second-order valence-electron chi connectivity index (χ2n) is 7.47. The third-order valence-corrected chi connectivity index (χ3v) is 5.11. The molecule has 0 saturated heterocycles. The van der Waals surface area contributed by atoms with Gasteiger partial charge in [-0.3, -0.25) is 4.79 Å². The van der Waals surface area contributed by atoms with Crippen molar-refractivity contribution in [3.63, 3.8) is 0 Å². The third-order valence-electron chi connectivity index (χ3n) is 5.11. The first-order valence-corrected chi connectivity index (χ1v) is 10.5. The summed E-state index contributed by atoms with van der Waals surface area (Å²) >= 11 is 0. The molecule has 1 aromatic heterocycles. The summed E-state index contributed by atoms with van der Waals surface area (Å²) in [6.07, 6.45) is 4.29. The van der Waals surface area contributed by atoms with Crippen LogP contribution in [0.25, 0.3) is 11.5 Å². The van der Waals surface area contributed by atoms with Crippen LogP contribution in [0.15, 0.2) is 59.0 Å². The standard InChI is InChI=1S/C24H29N3O3/c1-2-3-7-21(19-8-5-4-6-9-19)16-22-26-27-24(30-22)20-12-10-18(11-13-20)17-25-15-14-23(28)29/h4-6,8-13,21,25H,2-3,7,14-17H2,1H3,(H,28,29)/t21-/m1/s1. The number of carboxylic acid groups (broad SMARTS) is 1. The van der Waals surface area contributed by atoms with Gasteiger partial charge in [0.05, 0.1) is 6.42 Å². The van der Waals surface area contributed by atoms with E-state index >= 15 is 0 Å². The first-order chi connectivity index (χ1) is 14.7. The number of hydrogen-bond acceptors (Lipinski definition) is 5. The molecule has 0 amide bonds. The highest BCUT2D eigenvalue weighted by Crippen LogP contribution is 2.27. The highest BCUT2D eigenvalue weighted by Gasteiger charge is 2.17. The Labute approximate surface area is 177 Å². The molecule has 0 saturated carbocycles. The molecule has 2 N–H and O–H groups in total. The van der Waals surface area contributed by atoms with Crippen molar-refractivity contribution in [1.29, 1.82) is 0 Å². The number of rotatable bonds is 12. The SMILES string of the molecule is CCCC[C@H](Cc1nnc(-c2ccc(CNCCC(=O)O)cc2)o1)c1ccccc1. The normalized spacial score (nSPS) is 12.0. The van der Waals surface area contributed by atoms with Crippen molar-refractivity contribution in [2.45, 2.75) is 51.5 Å². The van der Waals surface area contributed by atoms with E-state index in [0.717, 1.165) is 30.4 Å². The highest BCUT2D eigenvalue weighted by molar-refractivity contribution is 5.66. The van der Waals surface area contributed by atoms with Gasteiger partial charge in [-0.2, -0.15) is 0 Å². The molecule has 1 heterocycles. The van der Waals surface area contributed by atoms with Crippen LogP contribution in [0.5, 0.6) is 0 Å². The summed E-state index contributed by atoms with van der Waals surface area (Å²) in [5.41, 5.74) is 3.27. The van der Waals surface area contributed by atoms with Gasteiger partial charge in [-0.25, -0.2) is 0 Å². The van der Waals surface area contributed by atoms with E-state index in [1.807, 2.05) is 30.3 Å². The zero-order valence-electron chi connectivity index (χ0n) is 17.4. The minimum atomic E-state index is -0.797. The van der Waals surface area contributed by atoms with Crippen molar-refractivity contribution in [2.75, 3.05) is 6.54 Å². The van der Waals surface area contributed by atoms with Crippen molar-refractivity contribution >= 4 is 5.97 Å². The second-order valence-corrected chi connectivity index (χ2v) is 7.47. The maximum atomic E-state index is 10.6. The summed E-state index contributed by atoms with van der Waals surface area (Å²) in [7, 11) is 0. The van der Waals surface area contributed by atoms with Gasteiger partial charge in [0.1, 0.15) is 0 Å². The molecule has 0 bridgehead atoms. The summed E-state index contributed by atoms with van der Waals surface area (Å²) in [6.45, 7) is 3.28. The van der Waals surface area contributed by atoms with Crippen molar-refractivity contribution in [3.05, 3.63) is 71.6 Å². The number of hydrogen-bond donors (Lipinski definition) is 2. The number of carboxylic acids is 1. The minimum Gasteiger partial charge on any atom is -0.481 e. The molecule has 0 aliphatic rings. The summed E-state index contributed by atoms with van der Waals surface area (Å²) in [5, 5.41) is 20.3. The Bertz CT molecular complexity index is 907. The Hall–Kier alpha value is -2.99. The van der Waals surface area contributed by atoms with E-state index in [1.165, 1.54) is 12.0 Å². The summed E-state index contributed by atoms with van der Waals surface area (Å²) in [5.74, 6) is 0.764. The van der Waals surface area contributed by atoms with Gasteiger partial charge in [0, 0.05) is 25.1 Å². The summed E-state index contributed by atoms with van der Waals surface area (Å²) in [4.78, 5) is 10.6. The lowest BCUT2D eigenvalue weighted by atomic mass is 9.91. The van der Waals surface area contributed by atoms with Gasteiger partial charge >= 0.3 is 5.97 Å². The first kappa shape index (κ1) is 21.7. The van der Waals surface area contributed by atoms with Gasteiger partial charge in [0.2, 0.25) is 11.8 Å². The molecule has 0 aliphatic carbocycles. The number of nitrogens with zero attached hydrogens (tertiary/aromatic N) is 2. The predicted octanol–water partition coefficient (Wildman–Crippen LogP) is 4.82. The largest absolute Gasteiger partial charge is 0.481 e. The zero-order chi connectivity index (χ0) is 21.2. The predicted molar refractivity (Wildman–Crippen MR) is 116 cm³/mol. The van der Waals surface area contributed by atoms with Crippen LogP contribution in [0.1, 0.15) is 55.5 Å². The molecular formula is C24H29N3O3. The number of aromatic nitrogens is 2. The Balaban J connectivity index is 1.61. The summed E-state index contributed by atoms with van der Waals surface area (Å²) in [6, 6.07) is 18.4. The smallest absolute Gasteiger partial charge is 0.304 e. The van der Waals surface area contributed by atoms with Crippen molar-refractivity contribution in [1.82, 2.24) is 15.5 Å². The average molecular weight is 408 g/mol. The van der Waals surface area contributed by atoms with Crippen LogP contribution in [0, 0.1) is 0 Å². The Kier molecular flexibility index (Phi) is 8.15. The minimum absolute atomic E-state index is 0.116. The van der Waals surface area contributed by atoms with Crippen LogP contribution in [0.4, 0.5) is 0 Å². The molecule has 30 heavy (non-hydrogen) atoms. The van der Waals surface area contributed by atoms with Crippen molar-refractivity contribution in [2.24, 2.45) is 0 Å². The van der Waals surface area contributed by atoms with E-state index in [9.17, 15) is 4.79 Å². The van der Waals surface area contributed by atoms with E-state index in [1.54, 1.807) is 0 Å². The molecule has 2 aromatic carbocycles. The molecule has 0 unspecified atom stereocenters. The Morgan fingerprint density at radius 1 is 1.10 bits per heavy atom. The molecule has 6 heteroatoms. The zero-order valence-corrected chi connectivity index (χ0v) is 17.4. The van der Waals surface area contributed by atoms with E-state index in [2.05, 4.69) is 46.7 Å². The number of nitrogens with one attached hydrogen (secondary N) is 1. The quantitative estimate of drug-likeness (QED) is 0.419. The van der Waals surface area contributed by atoms with Gasteiger partial charge in [0.25, 0.3) is 0 Å². The lowest BCUT2D eigenvalue weighted by Crippen LogP contribution is -2.17. The Morgan fingerprint density at radius 3 is 2.57 bits per heavy atom. The van der Waals surface area contributed by atoms with E-state index < -0.39 is 5.97 Å². The van der Waals surface area contributed by atoms with Gasteiger partial charge in [-0.05, 0) is 35.6 Å². The molecule has 0 aliphatic heterocycles. The van der Waals surface area contributed by atoms with E-state index in [0.29, 0.717) is 30.8 Å². The molecule has 3 aromatic rings. The second kappa shape index (κ2) is 11.3. The number of carbonyl (C=O) groups is 1. The van der Waals surface area contributed by atoms with Crippen LogP contribution in [-0.2, 0) is 17.8 Å². The van der Waals surface area contributed by atoms with Gasteiger partial charge in [0.15, 0.2) is 0 Å². The van der Waals surface area contributed by atoms with Crippen LogP contribution in [0.3, 0.4) is 0 Å². The van der Waals surface area contributed by atoms with Gasteiger partial charge in [-0.15, -0.1) is 10.2 Å². The maximum Gasteiger partial charge on any atom is 0.304 e. The van der Waals surface area contributed by atoms with E-state index in [-0.39, 0.29) is 6.42 Å². The van der Waals surface area contributed by atoms with Crippen LogP contribution >= 0.6 is 0 Å². The number of aliphatic carboxylic acids is 1. The fourth-order valence-electron chi connectivity index (χ4n) is 3.42. The van der Waals surface area contributed by atoms with Crippen molar-refractivity contribution in [3.8, 4) is 11.5 Å². The maximum absolute atomic E-state index is 10.6. The summed E-state index contributed by atoms with van der Waals surface area (Å²) < 4.78 is 5.96. The fraction of sp³-hybridized carbons (Fsp3) is 0.375. The van der Waals surface area contributed by atoms with Crippen LogP contribution < -0.4 is 5.32 Å². The topological polar surface area (TPSA) is 88.2 Å². The molecule has 3 rings (SSSR count). The number of unbranched alkanes of at least 4 members (excludes halogenated alkanes) is 1. The molecule has 0 fully saturated rings. The third kappa shape index (κ3) is 6.52. The lowest BCUT2D eigenvalue weighted by Gasteiger charge is -2.15. The molecule has 158 valence electrons. The first-order valence-electron chi connectivity index (χ1n) is 10.5. The molecule has 1 atom stereocenters. The molecule has 6 nitrogen and oxygen atoms in total. The van der Waals surface area contributed by atoms with Gasteiger partial charge < -0.3 is 14.8 Å². The lowest BCUT2D eigenvalue weighted by molar-refractivity contribution is -0.136. The molecular weight excluding hydrogens is 378 g/mol. The van der Waals surface area contributed by atoms with Gasteiger partial charge in [-0.1, -0.05) is 62.2 Å². The van der Waals surface area contributed by atoms with Crippen LogP contribution in [0.2, 0.25) is 0 Å². The van der Waals surface area contributed by atoms with Crippen LogP contribution in [-0.4, -0.2) is 27.8 Å². The Morgan fingerprint density at radius 2 is 1.87 bits per heavy atom. The molecule has 0 spiro atoms. The monoisotopic (exact) mass is 407 g/mol. The highest BCUT2D eigenvalue weighted by atomic mass is 16.4. The molecule has 0 radical (unpaired) electrons. The fourth-order valence-corrected chi connectivity index (χ4v) is 3.42.